The quantitative estimate of drug-likeness (QED) is 0.560. The fourth-order valence-electron chi connectivity index (χ4n) is 1.79. The molecular weight excluding hydrogens is 196 g/mol. The predicted octanol–water partition coefficient (Wildman–Crippen LogP) is -1.08. The highest BCUT2D eigenvalue weighted by Crippen LogP contribution is 2.13. The first-order valence-corrected chi connectivity index (χ1v) is 5.32. The standard InChI is InChI=1S/C10H20N2O3/c1-6(2)3-7(11)10(15)12-4-8(13)9(14)5-12/h6-9,13-14H,3-5,11H2,1-2H3/t7?,8-,9+. The van der Waals surface area contributed by atoms with Crippen LogP contribution in [0.3, 0.4) is 0 Å². The predicted molar refractivity (Wildman–Crippen MR) is 56.0 cm³/mol. The Kier molecular flexibility index (Phi) is 4.07. The van der Waals surface area contributed by atoms with E-state index in [-0.39, 0.29) is 19.0 Å². The molecule has 1 heterocycles. The van der Waals surface area contributed by atoms with Crippen LogP contribution in [0.5, 0.6) is 0 Å². The molecule has 3 atom stereocenters. The lowest BCUT2D eigenvalue weighted by molar-refractivity contribution is -0.132. The van der Waals surface area contributed by atoms with Crippen LogP contribution < -0.4 is 5.73 Å². The number of aliphatic hydroxyl groups excluding tert-OH is 2. The Morgan fingerprint density at radius 3 is 2.27 bits per heavy atom. The SMILES string of the molecule is CC(C)CC(N)C(=O)N1C[C@@H](O)[C@@H](O)C1. The Balaban J connectivity index is 2.47. The van der Waals surface area contributed by atoms with Crippen molar-refractivity contribution < 1.29 is 15.0 Å². The summed E-state index contributed by atoms with van der Waals surface area (Å²) in [6, 6.07) is -0.525. The lowest BCUT2D eigenvalue weighted by Crippen LogP contribution is -2.43. The van der Waals surface area contributed by atoms with Gasteiger partial charge < -0.3 is 20.8 Å². The van der Waals surface area contributed by atoms with Crippen molar-refractivity contribution in [3.8, 4) is 0 Å². The number of amides is 1. The van der Waals surface area contributed by atoms with E-state index < -0.39 is 18.2 Å². The molecule has 0 bridgehead atoms. The third-order valence-corrected chi connectivity index (χ3v) is 2.61. The van der Waals surface area contributed by atoms with Gasteiger partial charge in [0.05, 0.1) is 18.2 Å². The Hall–Kier alpha value is -0.650. The van der Waals surface area contributed by atoms with Crippen LogP contribution in [0, 0.1) is 5.92 Å². The molecule has 0 aliphatic carbocycles. The number of β-amino-alcohol motifs (C(OH)–C–C–N with tert-alkyl or cyclic N) is 2. The number of carbonyl (C=O) groups excluding carboxylic acids is 1. The van der Waals surface area contributed by atoms with Gasteiger partial charge in [-0.2, -0.15) is 0 Å². The van der Waals surface area contributed by atoms with Gasteiger partial charge in [-0.05, 0) is 12.3 Å². The summed E-state index contributed by atoms with van der Waals surface area (Å²) >= 11 is 0. The van der Waals surface area contributed by atoms with E-state index in [1.807, 2.05) is 13.8 Å². The average Bonchev–Trinajstić information content (AvgIpc) is 2.44. The second-order valence-corrected chi connectivity index (χ2v) is 4.61. The topological polar surface area (TPSA) is 86.8 Å². The molecule has 0 aromatic heterocycles. The van der Waals surface area contributed by atoms with Gasteiger partial charge in [-0.3, -0.25) is 4.79 Å². The van der Waals surface area contributed by atoms with Gasteiger partial charge in [-0.1, -0.05) is 13.8 Å². The van der Waals surface area contributed by atoms with Gasteiger partial charge >= 0.3 is 0 Å². The lowest BCUT2D eigenvalue weighted by Gasteiger charge is -2.21. The summed E-state index contributed by atoms with van der Waals surface area (Å²) in [6.45, 7) is 4.37. The van der Waals surface area contributed by atoms with E-state index in [9.17, 15) is 15.0 Å². The van der Waals surface area contributed by atoms with Crippen LogP contribution in [-0.4, -0.2) is 52.4 Å². The second-order valence-electron chi connectivity index (χ2n) is 4.61. The molecule has 0 radical (unpaired) electrons. The zero-order valence-electron chi connectivity index (χ0n) is 9.26. The van der Waals surface area contributed by atoms with E-state index in [0.29, 0.717) is 12.3 Å². The molecular formula is C10H20N2O3. The Morgan fingerprint density at radius 1 is 1.40 bits per heavy atom. The van der Waals surface area contributed by atoms with E-state index in [1.165, 1.54) is 4.90 Å². The maximum atomic E-state index is 11.8. The smallest absolute Gasteiger partial charge is 0.239 e. The number of hydrogen-bond donors (Lipinski definition) is 3. The van der Waals surface area contributed by atoms with Crippen LogP contribution in [0.2, 0.25) is 0 Å². The molecule has 1 fully saturated rings. The Morgan fingerprint density at radius 2 is 1.87 bits per heavy atom. The number of hydrogen-bond acceptors (Lipinski definition) is 4. The van der Waals surface area contributed by atoms with Crippen molar-refractivity contribution in [1.82, 2.24) is 4.90 Å². The zero-order chi connectivity index (χ0) is 11.6. The monoisotopic (exact) mass is 216 g/mol. The molecule has 1 aliphatic heterocycles. The molecule has 1 unspecified atom stereocenters. The highest BCUT2D eigenvalue weighted by molar-refractivity contribution is 5.82. The number of carbonyl (C=O) groups is 1. The van der Waals surface area contributed by atoms with E-state index in [2.05, 4.69) is 0 Å². The van der Waals surface area contributed by atoms with E-state index in [0.717, 1.165) is 0 Å². The second kappa shape index (κ2) is 4.92. The van der Waals surface area contributed by atoms with Gasteiger partial charge in [0.1, 0.15) is 0 Å². The van der Waals surface area contributed by atoms with Gasteiger partial charge in [0.25, 0.3) is 0 Å². The van der Waals surface area contributed by atoms with E-state index in [1.54, 1.807) is 0 Å². The lowest BCUT2D eigenvalue weighted by atomic mass is 10.0. The number of nitrogens with two attached hydrogens (primary N) is 1. The number of nitrogens with zero attached hydrogens (tertiary/aromatic N) is 1. The van der Waals surface area contributed by atoms with Gasteiger partial charge in [0.15, 0.2) is 0 Å². The fourth-order valence-corrected chi connectivity index (χ4v) is 1.79. The first-order chi connectivity index (χ1) is 6.91. The van der Waals surface area contributed by atoms with Crippen molar-refractivity contribution in [2.75, 3.05) is 13.1 Å². The Labute approximate surface area is 89.9 Å². The molecule has 1 saturated heterocycles. The first kappa shape index (κ1) is 12.4. The van der Waals surface area contributed by atoms with Crippen molar-refractivity contribution in [2.45, 2.75) is 38.5 Å². The van der Waals surface area contributed by atoms with Gasteiger partial charge in [0, 0.05) is 13.1 Å². The molecule has 88 valence electrons. The van der Waals surface area contributed by atoms with Crippen LogP contribution in [0.15, 0.2) is 0 Å². The van der Waals surface area contributed by atoms with Crippen LogP contribution in [0.4, 0.5) is 0 Å². The molecule has 0 aromatic carbocycles. The molecule has 15 heavy (non-hydrogen) atoms. The maximum absolute atomic E-state index is 11.8. The molecule has 5 heteroatoms. The highest BCUT2D eigenvalue weighted by atomic mass is 16.3. The third-order valence-electron chi connectivity index (χ3n) is 2.61. The normalized spacial score (nSPS) is 28.5. The number of rotatable bonds is 3. The summed E-state index contributed by atoms with van der Waals surface area (Å²) in [5, 5.41) is 18.6. The highest BCUT2D eigenvalue weighted by Gasteiger charge is 2.34. The summed E-state index contributed by atoms with van der Waals surface area (Å²) in [5.74, 6) is 0.181. The van der Waals surface area contributed by atoms with E-state index in [4.69, 9.17) is 5.73 Å². The van der Waals surface area contributed by atoms with Crippen molar-refractivity contribution in [1.29, 1.82) is 0 Å². The summed E-state index contributed by atoms with van der Waals surface area (Å²) in [7, 11) is 0. The minimum Gasteiger partial charge on any atom is -0.388 e. The summed E-state index contributed by atoms with van der Waals surface area (Å²) in [6.07, 6.45) is -1.04. The Bertz CT molecular complexity index is 223. The van der Waals surface area contributed by atoms with Crippen molar-refractivity contribution in [3.05, 3.63) is 0 Å². The summed E-state index contributed by atoms with van der Waals surface area (Å²) in [4.78, 5) is 13.2. The number of likely N-dealkylation sites (tertiary alicyclic amines) is 1. The number of aliphatic hydroxyl groups is 2. The van der Waals surface area contributed by atoms with Crippen LogP contribution in [0.25, 0.3) is 0 Å². The molecule has 0 saturated carbocycles. The summed E-state index contributed by atoms with van der Waals surface area (Å²) < 4.78 is 0. The third kappa shape index (κ3) is 3.15. The summed E-state index contributed by atoms with van der Waals surface area (Å²) in [5.41, 5.74) is 5.73. The van der Waals surface area contributed by atoms with Gasteiger partial charge in [-0.15, -0.1) is 0 Å². The van der Waals surface area contributed by atoms with Crippen LogP contribution in [-0.2, 0) is 4.79 Å². The first-order valence-electron chi connectivity index (χ1n) is 5.32. The van der Waals surface area contributed by atoms with E-state index >= 15 is 0 Å². The fraction of sp³-hybridized carbons (Fsp3) is 0.900. The molecule has 4 N–H and O–H groups in total. The zero-order valence-corrected chi connectivity index (χ0v) is 9.26. The minimum atomic E-state index is -0.833. The average molecular weight is 216 g/mol. The van der Waals surface area contributed by atoms with Crippen molar-refractivity contribution >= 4 is 5.91 Å². The maximum Gasteiger partial charge on any atom is 0.239 e. The molecule has 5 nitrogen and oxygen atoms in total. The molecule has 1 amide bonds. The van der Waals surface area contributed by atoms with Crippen molar-refractivity contribution in [3.63, 3.8) is 0 Å². The largest absolute Gasteiger partial charge is 0.388 e. The minimum absolute atomic E-state index is 0.181. The van der Waals surface area contributed by atoms with Gasteiger partial charge in [0.2, 0.25) is 5.91 Å². The molecule has 0 spiro atoms. The van der Waals surface area contributed by atoms with Crippen molar-refractivity contribution in [2.24, 2.45) is 11.7 Å². The molecule has 1 rings (SSSR count). The molecule has 0 aromatic rings. The van der Waals surface area contributed by atoms with Gasteiger partial charge in [-0.25, -0.2) is 0 Å². The van der Waals surface area contributed by atoms with Crippen LogP contribution in [0.1, 0.15) is 20.3 Å². The molecule has 1 aliphatic rings. The van der Waals surface area contributed by atoms with Crippen LogP contribution >= 0.6 is 0 Å².